The number of aliphatic imine (C=N–C) groups is 1. The van der Waals surface area contributed by atoms with Crippen molar-refractivity contribution in [1.29, 1.82) is 0 Å². The highest BCUT2D eigenvalue weighted by molar-refractivity contribution is 9.10. The summed E-state index contributed by atoms with van der Waals surface area (Å²) >= 11 is 4.82. The molecule has 2 aromatic rings. The van der Waals surface area contributed by atoms with Crippen molar-refractivity contribution in [3.63, 3.8) is 0 Å². The summed E-state index contributed by atoms with van der Waals surface area (Å²) in [6, 6.07) is 11.0. The second-order valence-corrected chi connectivity index (χ2v) is 8.14. The quantitative estimate of drug-likeness (QED) is 0.390. The molecule has 3 rings (SSSR count). The summed E-state index contributed by atoms with van der Waals surface area (Å²) in [4.78, 5) is 19.8. The first-order valence-electron chi connectivity index (χ1n) is 9.38. The summed E-state index contributed by atoms with van der Waals surface area (Å²) in [5, 5.41) is 0.629. The van der Waals surface area contributed by atoms with Gasteiger partial charge in [-0.15, -0.1) is 6.42 Å². The van der Waals surface area contributed by atoms with E-state index in [4.69, 9.17) is 20.6 Å². The molecule has 2 aromatic carbocycles. The van der Waals surface area contributed by atoms with Crippen LogP contribution in [0, 0.1) is 12.3 Å². The molecule has 1 aliphatic rings. The first kappa shape index (κ1) is 22.8. The van der Waals surface area contributed by atoms with E-state index in [-0.39, 0.29) is 12.5 Å². The Bertz CT molecular complexity index is 1070. The molecular formula is C23H21BrN2O4S. The summed E-state index contributed by atoms with van der Waals surface area (Å²) in [6.45, 7) is 2.56. The lowest BCUT2D eigenvalue weighted by Crippen LogP contribution is -2.28. The maximum atomic E-state index is 12.9. The van der Waals surface area contributed by atoms with Gasteiger partial charge in [-0.05, 0) is 82.7 Å². The van der Waals surface area contributed by atoms with Crippen LogP contribution < -0.4 is 14.2 Å². The van der Waals surface area contributed by atoms with Crippen molar-refractivity contribution in [2.45, 2.75) is 6.92 Å². The summed E-state index contributed by atoms with van der Waals surface area (Å²) < 4.78 is 16.8. The van der Waals surface area contributed by atoms with E-state index in [0.717, 1.165) is 17.0 Å². The number of carbonyl (C=O) groups excluding carboxylic acids is 1. The molecule has 0 aromatic heterocycles. The summed E-state index contributed by atoms with van der Waals surface area (Å²) in [7, 11) is 3.17. The summed E-state index contributed by atoms with van der Waals surface area (Å²) in [6.07, 6.45) is 7.09. The SMILES string of the molecule is C#CCOc1c(Br)cc(C=C2SC(=Nc3ccc(OC)cc3)N(CC)C2=O)cc1OC. The Kier molecular flexibility index (Phi) is 7.66. The number of hydrogen-bond acceptors (Lipinski definition) is 6. The zero-order valence-electron chi connectivity index (χ0n) is 17.3. The highest BCUT2D eigenvalue weighted by Crippen LogP contribution is 2.39. The number of carbonyl (C=O) groups is 1. The molecule has 0 unspecified atom stereocenters. The van der Waals surface area contributed by atoms with Gasteiger partial charge in [0.05, 0.1) is 29.3 Å². The molecule has 0 N–H and O–H groups in total. The highest BCUT2D eigenvalue weighted by atomic mass is 79.9. The zero-order valence-corrected chi connectivity index (χ0v) is 19.7. The van der Waals surface area contributed by atoms with E-state index in [1.54, 1.807) is 25.2 Å². The molecule has 6 nitrogen and oxygen atoms in total. The van der Waals surface area contributed by atoms with Gasteiger partial charge in [0.1, 0.15) is 12.4 Å². The smallest absolute Gasteiger partial charge is 0.266 e. The van der Waals surface area contributed by atoms with Crippen molar-refractivity contribution in [3.05, 3.63) is 51.3 Å². The summed E-state index contributed by atoms with van der Waals surface area (Å²) in [5.74, 6) is 4.13. The van der Waals surface area contributed by atoms with Gasteiger partial charge in [-0.1, -0.05) is 5.92 Å². The van der Waals surface area contributed by atoms with Gasteiger partial charge in [0, 0.05) is 6.54 Å². The number of thioether (sulfide) groups is 1. The van der Waals surface area contributed by atoms with E-state index in [0.29, 0.717) is 32.6 Å². The first-order valence-corrected chi connectivity index (χ1v) is 11.0. The molecule has 0 atom stereocenters. The number of hydrogen-bond donors (Lipinski definition) is 0. The molecule has 1 heterocycles. The lowest BCUT2D eigenvalue weighted by molar-refractivity contribution is -0.122. The van der Waals surface area contributed by atoms with Crippen LogP contribution in [-0.2, 0) is 4.79 Å². The van der Waals surface area contributed by atoms with Gasteiger partial charge in [0.15, 0.2) is 16.7 Å². The Morgan fingerprint density at radius 2 is 1.97 bits per heavy atom. The number of amides is 1. The van der Waals surface area contributed by atoms with Gasteiger partial charge in [-0.3, -0.25) is 9.69 Å². The molecule has 0 spiro atoms. The van der Waals surface area contributed by atoms with Crippen LogP contribution in [0.15, 0.2) is 50.8 Å². The second-order valence-electron chi connectivity index (χ2n) is 6.28. The van der Waals surface area contributed by atoms with Gasteiger partial charge in [-0.25, -0.2) is 4.99 Å². The Morgan fingerprint density at radius 3 is 2.58 bits per heavy atom. The molecule has 0 radical (unpaired) electrons. The van der Waals surface area contributed by atoms with Gasteiger partial charge < -0.3 is 14.2 Å². The minimum Gasteiger partial charge on any atom is -0.497 e. The van der Waals surface area contributed by atoms with Gasteiger partial charge in [0.2, 0.25) is 0 Å². The van der Waals surface area contributed by atoms with Crippen LogP contribution >= 0.6 is 27.7 Å². The van der Waals surface area contributed by atoms with Crippen LogP contribution in [-0.4, -0.2) is 43.3 Å². The number of ether oxygens (including phenoxy) is 3. The second kappa shape index (κ2) is 10.4. The van der Waals surface area contributed by atoms with E-state index in [1.165, 1.54) is 11.8 Å². The molecule has 0 bridgehead atoms. The number of likely N-dealkylation sites (N-methyl/N-ethyl adjacent to an activating group) is 1. The fraction of sp³-hybridized carbons (Fsp3) is 0.217. The number of nitrogens with zero attached hydrogens (tertiary/aromatic N) is 2. The molecule has 160 valence electrons. The Hall–Kier alpha value is -2.89. The normalized spacial score (nSPS) is 16.0. The number of amidine groups is 1. The largest absolute Gasteiger partial charge is 0.497 e. The topological polar surface area (TPSA) is 60.4 Å². The van der Waals surface area contributed by atoms with Crippen LogP contribution in [0.1, 0.15) is 12.5 Å². The fourth-order valence-corrected chi connectivity index (χ4v) is 4.50. The number of rotatable bonds is 7. The number of methoxy groups -OCH3 is 2. The molecule has 31 heavy (non-hydrogen) atoms. The van der Waals surface area contributed by atoms with E-state index in [1.807, 2.05) is 43.3 Å². The molecule has 1 saturated heterocycles. The van der Waals surface area contributed by atoms with Gasteiger partial charge >= 0.3 is 0 Å². The number of benzene rings is 2. The third kappa shape index (κ3) is 5.24. The van der Waals surface area contributed by atoms with Crippen molar-refractivity contribution in [3.8, 4) is 29.6 Å². The van der Waals surface area contributed by atoms with Crippen LogP contribution in [0.4, 0.5) is 5.69 Å². The summed E-state index contributed by atoms with van der Waals surface area (Å²) in [5.41, 5.74) is 1.53. The zero-order chi connectivity index (χ0) is 22.4. The number of halogens is 1. The average Bonchev–Trinajstić information content (AvgIpc) is 3.06. The average molecular weight is 501 g/mol. The molecule has 1 amide bonds. The minimum absolute atomic E-state index is 0.0949. The minimum atomic E-state index is -0.0949. The Balaban J connectivity index is 1.92. The first-order chi connectivity index (χ1) is 15.0. The van der Waals surface area contributed by atoms with Crippen molar-refractivity contribution in [2.24, 2.45) is 4.99 Å². The third-order valence-electron chi connectivity index (χ3n) is 4.35. The lowest BCUT2D eigenvalue weighted by atomic mass is 10.2. The van der Waals surface area contributed by atoms with Gasteiger partial charge in [-0.2, -0.15) is 0 Å². The van der Waals surface area contributed by atoms with E-state index >= 15 is 0 Å². The van der Waals surface area contributed by atoms with Crippen molar-refractivity contribution < 1.29 is 19.0 Å². The maximum Gasteiger partial charge on any atom is 0.266 e. The number of terminal acetylenes is 1. The van der Waals surface area contributed by atoms with Gasteiger partial charge in [0.25, 0.3) is 5.91 Å². The molecular weight excluding hydrogens is 480 g/mol. The van der Waals surface area contributed by atoms with Crippen LogP contribution in [0.5, 0.6) is 17.2 Å². The monoisotopic (exact) mass is 500 g/mol. The lowest BCUT2D eigenvalue weighted by Gasteiger charge is -2.12. The molecule has 0 aliphatic carbocycles. The Morgan fingerprint density at radius 1 is 1.23 bits per heavy atom. The maximum absolute atomic E-state index is 12.9. The van der Waals surface area contributed by atoms with Crippen LogP contribution in [0.2, 0.25) is 0 Å². The van der Waals surface area contributed by atoms with E-state index < -0.39 is 0 Å². The Labute approximate surface area is 194 Å². The predicted octanol–water partition coefficient (Wildman–Crippen LogP) is 5.10. The van der Waals surface area contributed by atoms with E-state index in [9.17, 15) is 4.79 Å². The highest BCUT2D eigenvalue weighted by Gasteiger charge is 2.32. The molecule has 0 saturated carbocycles. The van der Waals surface area contributed by atoms with Crippen LogP contribution in [0.3, 0.4) is 0 Å². The van der Waals surface area contributed by atoms with Crippen molar-refractivity contribution >= 4 is 50.5 Å². The van der Waals surface area contributed by atoms with Crippen molar-refractivity contribution in [1.82, 2.24) is 4.90 Å². The molecule has 1 fully saturated rings. The standard InChI is InChI=1S/C23H21BrN2O4S/c1-5-11-30-21-18(24)12-15(13-19(21)29-4)14-20-22(27)26(6-2)23(31-20)25-16-7-9-17(28-3)10-8-16/h1,7-10,12-14H,6,11H2,2-4H3. The molecule has 1 aliphatic heterocycles. The van der Waals surface area contributed by atoms with Crippen molar-refractivity contribution in [2.75, 3.05) is 27.4 Å². The third-order valence-corrected chi connectivity index (χ3v) is 5.95. The molecule has 8 heteroatoms. The fourth-order valence-electron chi connectivity index (χ4n) is 2.87. The van der Waals surface area contributed by atoms with Crippen LogP contribution in [0.25, 0.3) is 6.08 Å². The van der Waals surface area contributed by atoms with E-state index in [2.05, 4.69) is 26.8 Å². The predicted molar refractivity (Wildman–Crippen MR) is 128 cm³/mol.